The van der Waals surface area contributed by atoms with Crippen molar-refractivity contribution >= 4 is 40.3 Å². The molecule has 0 radical (unpaired) electrons. The molecular weight excluding hydrogens is 639 g/mol. The molecule has 5 aromatic rings. The van der Waals surface area contributed by atoms with Crippen LogP contribution >= 0.6 is 22.7 Å². The van der Waals surface area contributed by atoms with E-state index >= 15 is 0 Å². The summed E-state index contributed by atoms with van der Waals surface area (Å²) in [6.07, 6.45) is 6.14. The Kier molecular flexibility index (Phi) is 8.50. The average Bonchev–Trinajstić information content (AvgIpc) is 3.70. The minimum Gasteiger partial charge on any atom is -0.494 e. The van der Waals surface area contributed by atoms with E-state index in [1.54, 1.807) is 15.9 Å². The second kappa shape index (κ2) is 12.9. The lowest BCUT2D eigenvalue weighted by Gasteiger charge is -2.25. The van der Waals surface area contributed by atoms with Gasteiger partial charge in [0.15, 0.2) is 4.80 Å². The van der Waals surface area contributed by atoms with Crippen LogP contribution in [0.2, 0.25) is 0 Å². The number of nitrogens with zero attached hydrogens (tertiary/aromatic N) is 4. The number of thiophene rings is 1. The molecule has 10 heteroatoms. The van der Waals surface area contributed by atoms with Gasteiger partial charge in [-0.15, -0.1) is 11.3 Å². The molecule has 1 aliphatic carbocycles. The molecule has 8 nitrogen and oxygen atoms in total. The molecule has 1 atom stereocenters. The van der Waals surface area contributed by atoms with Crippen LogP contribution in [0.15, 0.2) is 81.7 Å². The van der Waals surface area contributed by atoms with Crippen molar-refractivity contribution in [2.24, 2.45) is 4.99 Å². The van der Waals surface area contributed by atoms with Gasteiger partial charge in [0.2, 0.25) is 0 Å². The van der Waals surface area contributed by atoms with E-state index in [0.29, 0.717) is 38.6 Å². The molecule has 3 aromatic heterocycles. The number of aromatic nitrogens is 2. The highest BCUT2D eigenvalue weighted by Gasteiger charge is 2.33. The quantitative estimate of drug-likeness (QED) is 0.213. The zero-order valence-corrected chi connectivity index (χ0v) is 28.9. The Morgan fingerprint density at radius 3 is 2.56 bits per heavy atom. The van der Waals surface area contributed by atoms with Crippen molar-refractivity contribution in [1.29, 1.82) is 5.26 Å². The predicted molar refractivity (Wildman–Crippen MR) is 191 cm³/mol. The van der Waals surface area contributed by atoms with Crippen LogP contribution in [0.4, 0.5) is 5.69 Å². The van der Waals surface area contributed by atoms with Crippen LogP contribution < -0.4 is 24.9 Å². The molecule has 48 heavy (non-hydrogen) atoms. The molecular formula is C38H35N5O3S2. The van der Waals surface area contributed by atoms with Gasteiger partial charge in [-0.3, -0.25) is 14.2 Å². The molecule has 0 fully saturated rings. The van der Waals surface area contributed by atoms with E-state index in [-0.39, 0.29) is 11.5 Å². The lowest BCUT2D eigenvalue weighted by atomic mass is 9.95. The molecule has 2 aromatic carbocycles. The van der Waals surface area contributed by atoms with Crippen molar-refractivity contribution in [3.05, 3.63) is 130 Å². The third-order valence-electron chi connectivity index (χ3n) is 9.03. The van der Waals surface area contributed by atoms with Gasteiger partial charge in [-0.1, -0.05) is 41.7 Å². The molecule has 0 saturated carbocycles. The third kappa shape index (κ3) is 5.53. The van der Waals surface area contributed by atoms with E-state index in [9.17, 15) is 14.9 Å². The number of ether oxygens (including phenoxy) is 1. The number of rotatable bonds is 7. The van der Waals surface area contributed by atoms with E-state index in [4.69, 9.17) is 9.73 Å². The van der Waals surface area contributed by atoms with E-state index < -0.39 is 6.04 Å². The van der Waals surface area contributed by atoms with Gasteiger partial charge in [0.25, 0.3) is 11.5 Å². The molecule has 1 amide bonds. The van der Waals surface area contributed by atoms with E-state index in [1.807, 2.05) is 88.4 Å². The van der Waals surface area contributed by atoms with Gasteiger partial charge in [-0.2, -0.15) is 5.26 Å². The predicted octanol–water partition coefficient (Wildman–Crippen LogP) is 6.49. The van der Waals surface area contributed by atoms with Crippen molar-refractivity contribution in [1.82, 2.24) is 9.13 Å². The minimum absolute atomic E-state index is 0.218. The van der Waals surface area contributed by atoms with Crippen molar-refractivity contribution in [3.63, 3.8) is 0 Å². The monoisotopic (exact) mass is 673 g/mol. The Morgan fingerprint density at radius 2 is 1.83 bits per heavy atom. The number of benzene rings is 2. The number of aryl methyl sites for hydroxylation is 2. The lowest BCUT2D eigenvalue weighted by molar-refractivity contribution is -0.113. The number of para-hydroxylation sites is 1. The molecule has 4 heterocycles. The van der Waals surface area contributed by atoms with Crippen LogP contribution in [0.5, 0.6) is 5.75 Å². The lowest BCUT2D eigenvalue weighted by Crippen LogP contribution is -2.40. The second-order valence-electron chi connectivity index (χ2n) is 12.1. The summed E-state index contributed by atoms with van der Waals surface area (Å²) in [4.78, 5) is 34.9. The van der Waals surface area contributed by atoms with Gasteiger partial charge in [0.05, 0.1) is 34.0 Å². The number of nitrogens with one attached hydrogen (secondary N) is 1. The number of thiazole rings is 1. The van der Waals surface area contributed by atoms with Crippen LogP contribution in [0.1, 0.15) is 71.2 Å². The van der Waals surface area contributed by atoms with E-state index in [2.05, 4.69) is 22.0 Å². The normalized spacial score (nSPS) is 15.8. The van der Waals surface area contributed by atoms with Gasteiger partial charge in [0, 0.05) is 22.0 Å². The third-order valence-corrected chi connectivity index (χ3v) is 11.3. The Bertz CT molecular complexity index is 2320. The molecule has 242 valence electrons. The SMILES string of the molecule is CCOc1ccc([C@H]2C(C(=O)Nc3ccccc3)=C(C)N=c3s/c(=C/c4cc(C)n(-c5sc6c(c5C#N)CCCC6)c4C)c(=O)n32)cc1. The highest BCUT2D eigenvalue weighted by Crippen LogP contribution is 2.38. The van der Waals surface area contributed by atoms with Gasteiger partial charge < -0.3 is 14.6 Å². The highest BCUT2D eigenvalue weighted by atomic mass is 32.1. The van der Waals surface area contributed by atoms with Gasteiger partial charge >= 0.3 is 0 Å². The first kappa shape index (κ1) is 31.6. The molecule has 1 aliphatic heterocycles. The number of fused-ring (bicyclic) bond motifs is 2. The number of anilines is 1. The molecule has 0 saturated heterocycles. The highest BCUT2D eigenvalue weighted by molar-refractivity contribution is 7.15. The summed E-state index contributed by atoms with van der Waals surface area (Å²) >= 11 is 3.03. The zero-order chi connectivity index (χ0) is 33.5. The number of hydrogen-bond donors (Lipinski definition) is 1. The van der Waals surface area contributed by atoms with Crippen LogP contribution in [0.25, 0.3) is 11.1 Å². The van der Waals surface area contributed by atoms with E-state index in [0.717, 1.165) is 58.8 Å². The summed E-state index contributed by atoms with van der Waals surface area (Å²) in [5.74, 6) is 0.400. The van der Waals surface area contributed by atoms with Crippen LogP contribution in [0, 0.1) is 25.2 Å². The number of amides is 1. The summed E-state index contributed by atoms with van der Waals surface area (Å²) in [5.41, 5.74) is 7.03. The second-order valence-corrected chi connectivity index (χ2v) is 14.2. The summed E-state index contributed by atoms with van der Waals surface area (Å²) in [6, 6.07) is 20.7. The Morgan fingerprint density at radius 1 is 1.08 bits per heavy atom. The number of carbonyl (C=O) groups excluding carboxylic acids is 1. The topological polar surface area (TPSA) is 101 Å². The molecule has 7 rings (SSSR count). The first-order valence-corrected chi connectivity index (χ1v) is 17.8. The van der Waals surface area contributed by atoms with Crippen LogP contribution in [-0.4, -0.2) is 21.6 Å². The maximum absolute atomic E-state index is 14.4. The maximum Gasteiger partial charge on any atom is 0.271 e. The summed E-state index contributed by atoms with van der Waals surface area (Å²) in [5, 5.41) is 14.1. The van der Waals surface area contributed by atoms with Gasteiger partial charge in [0.1, 0.15) is 16.8 Å². The van der Waals surface area contributed by atoms with Crippen LogP contribution in [-0.2, 0) is 17.6 Å². The van der Waals surface area contributed by atoms with E-state index in [1.165, 1.54) is 21.8 Å². The first-order valence-electron chi connectivity index (χ1n) is 16.1. The Labute approximate surface area is 286 Å². The zero-order valence-electron chi connectivity index (χ0n) is 27.3. The van der Waals surface area contributed by atoms with Gasteiger partial charge in [-0.25, -0.2) is 4.99 Å². The number of carbonyl (C=O) groups is 1. The number of allylic oxidation sites excluding steroid dienone is 1. The standard InChI is InChI=1S/C38H35N5O3S2/c1-5-46-28-17-15-25(16-18-28)34-33(35(44)41-27-11-7-6-8-12-27)23(3)40-38-43(34)36(45)32(48-38)20-26-19-22(2)42(24(26)4)37-30(21-39)29-13-9-10-14-31(29)47-37/h6-8,11-12,15-20,34H,5,9-10,13-14H2,1-4H3,(H,41,44)/b32-20+/t34-/m0/s1. The summed E-state index contributed by atoms with van der Waals surface area (Å²) in [7, 11) is 0. The molecule has 0 bridgehead atoms. The number of hydrogen-bond acceptors (Lipinski definition) is 7. The molecule has 1 N–H and O–H groups in total. The summed E-state index contributed by atoms with van der Waals surface area (Å²) < 4.78 is 9.99. The van der Waals surface area contributed by atoms with Crippen molar-refractivity contribution < 1.29 is 9.53 Å². The van der Waals surface area contributed by atoms with Gasteiger partial charge in [-0.05, 0) is 106 Å². The molecule has 2 aliphatic rings. The minimum atomic E-state index is -0.689. The molecule has 0 unspecified atom stereocenters. The Hall–Kier alpha value is -4.98. The fourth-order valence-corrected chi connectivity index (χ4v) is 9.26. The smallest absolute Gasteiger partial charge is 0.271 e. The first-order chi connectivity index (χ1) is 23.3. The molecule has 0 spiro atoms. The Balaban J connectivity index is 1.35. The van der Waals surface area contributed by atoms with Crippen molar-refractivity contribution in [2.45, 2.75) is 59.4 Å². The largest absolute Gasteiger partial charge is 0.494 e. The maximum atomic E-state index is 14.4. The average molecular weight is 674 g/mol. The fourth-order valence-electron chi connectivity index (χ4n) is 6.77. The fraction of sp³-hybridized carbons (Fsp3) is 0.263. The van der Waals surface area contributed by atoms with Crippen molar-refractivity contribution in [3.8, 4) is 16.8 Å². The van der Waals surface area contributed by atoms with Crippen molar-refractivity contribution in [2.75, 3.05) is 11.9 Å². The number of nitriles is 1. The van der Waals surface area contributed by atoms with Crippen LogP contribution in [0.3, 0.4) is 0 Å². The summed E-state index contributed by atoms with van der Waals surface area (Å²) in [6.45, 7) is 8.36.